The molecule has 4 nitrogen and oxygen atoms in total. The second-order valence-corrected chi connectivity index (χ2v) is 5.17. The number of nitrogens with zero attached hydrogens (tertiary/aromatic N) is 1. The van der Waals surface area contributed by atoms with Gasteiger partial charge < -0.3 is 5.32 Å². The van der Waals surface area contributed by atoms with Crippen molar-refractivity contribution in [2.45, 2.75) is 77.8 Å². The molecule has 1 rings (SSSR count). The molecule has 0 radical (unpaired) electrons. The van der Waals surface area contributed by atoms with Crippen LogP contribution in [0.15, 0.2) is 0 Å². The largest absolute Gasteiger partial charge is 0.326 e. The summed E-state index contributed by atoms with van der Waals surface area (Å²) in [5.41, 5.74) is 0. The average molecular weight is 254 g/mol. The van der Waals surface area contributed by atoms with E-state index in [4.69, 9.17) is 0 Å². The molecule has 0 spiro atoms. The summed E-state index contributed by atoms with van der Waals surface area (Å²) in [4.78, 5) is 25.1. The van der Waals surface area contributed by atoms with Gasteiger partial charge in [0.2, 0.25) is 0 Å². The van der Waals surface area contributed by atoms with Crippen molar-refractivity contribution < 1.29 is 9.59 Å². The first-order chi connectivity index (χ1) is 8.61. The number of amides is 3. The van der Waals surface area contributed by atoms with Gasteiger partial charge in [0.15, 0.2) is 0 Å². The maximum Gasteiger partial charge on any atom is 0.325 e. The summed E-state index contributed by atoms with van der Waals surface area (Å²) in [6.07, 6.45) is 7.63. The van der Waals surface area contributed by atoms with Crippen molar-refractivity contribution in [3.63, 3.8) is 0 Å². The standard InChI is InChI=1S/C14H26N2O2/c1-4-6-7-8-9-10-11(3)16-13(17)12(5-2)15-14(16)18/h11-12H,4-10H2,1-3H3,(H,15,18)/t11?,12-/m1/s1. The average Bonchev–Trinajstić information content (AvgIpc) is 2.63. The molecule has 0 aromatic rings. The molecule has 4 heteroatoms. The normalized spacial score (nSPS) is 21.3. The number of nitrogens with one attached hydrogen (secondary N) is 1. The zero-order valence-corrected chi connectivity index (χ0v) is 11.9. The number of carbonyl (C=O) groups is 2. The predicted octanol–water partition coefficient (Wildman–Crippen LogP) is 3.07. The molecule has 1 aliphatic rings. The molecule has 0 bridgehead atoms. The van der Waals surface area contributed by atoms with Crippen LogP contribution in [0.25, 0.3) is 0 Å². The van der Waals surface area contributed by atoms with Gasteiger partial charge in [-0.05, 0) is 19.8 Å². The number of unbranched alkanes of at least 4 members (excludes halogenated alkanes) is 4. The molecule has 104 valence electrons. The van der Waals surface area contributed by atoms with E-state index >= 15 is 0 Å². The van der Waals surface area contributed by atoms with E-state index in [-0.39, 0.29) is 24.0 Å². The lowest BCUT2D eigenvalue weighted by atomic mass is 10.1. The highest BCUT2D eigenvalue weighted by atomic mass is 16.2. The van der Waals surface area contributed by atoms with Crippen molar-refractivity contribution in [3.8, 4) is 0 Å². The first-order valence-electron chi connectivity index (χ1n) is 7.25. The number of carbonyl (C=O) groups excluding carboxylic acids is 2. The Labute approximate surface area is 110 Å². The van der Waals surface area contributed by atoms with Crippen LogP contribution in [0.5, 0.6) is 0 Å². The maximum atomic E-state index is 12.0. The summed E-state index contributed by atoms with van der Waals surface area (Å²) in [6.45, 7) is 6.08. The Morgan fingerprint density at radius 1 is 1.17 bits per heavy atom. The van der Waals surface area contributed by atoms with E-state index in [2.05, 4.69) is 12.2 Å². The van der Waals surface area contributed by atoms with E-state index in [9.17, 15) is 9.59 Å². The second-order valence-electron chi connectivity index (χ2n) is 5.17. The number of imide groups is 1. The zero-order chi connectivity index (χ0) is 13.5. The second kappa shape index (κ2) is 7.39. The minimum absolute atomic E-state index is 0.0238. The van der Waals surface area contributed by atoms with Crippen molar-refractivity contribution in [1.82, 2.24) is 10.2 Å². The predicted molar refractivity (Wildman–Crippen MR) is 72.3 cm³/mol. The molecule has 1 heterocycles. The van der Waals surface area contributed by atoms with Crippen molar-refractivity contribution in [3.05, 3.63) is 0 Å². The van der Waals surface area contributed by atoms with Gasteiger partial charge in [-0.2, -0.15) is 0 Å². The third-order valence-electron chi connectivity index (χ3n) is 3.63. The van der Waals surface area contributed by atoms with Crippen LogP contribution in [0, 0.1) is 0 Å². The smallest absolute Gasteiger partial charge is 0.325 e. The van der Waals surface area contributed by atoms with Gasteiger partial charge in [-0.3, -0.25) is 9.69 Å². The molecule has 0 aromatic heterocycles. The van der Waals surface area contributed by atoms with Gasteiger partial charge in [0.05, 0.1) is 0 Å². The van der Waals surface area contributed by atoms with Crippen molar-refractivity contribution >= 4 is 11.9 Å². The summed E-state index contributed by atoms with van der Waals surface area (Å²) in [5.74, 6) is -0.0523. The highest BCUT2D eigenvalue weighted by Gasteiger charge is 2.39. The molecule has 3 amide bonds. The molecular weight excluding hydrogens is 228 g/mol. The Morgan fingerprint density at radius 2 is 1.83 bits per heavy atom. The Kier molecular flexibility index (Phi) is 6.16. The fourth-order valence-corrected chi connectivity index (χ4v) is 2.41. The number of hydrogen-bond donors (Lipinski definition) is 1. The minimum atomic E-state index is -0.306. The Hall–Kier alpha value is -1.06. The molecule has 2 atom stereocenters. The molecule has 0 aliphatic carbocycles. The third kappa shape index (κ3) is 3.72. The van der Waals surface area contributed by atoms with Crippen LogP contribution in [-0.2, 0) is 4.79 Å². The first kappa shape index (κ1) is 15.0. The van der Waals surface area contributed by atoms with Crippen molar-refractivity contribution in [2.24, 2.45) is 0 Å². The van der Waals surface area contributed by atoms with E-state index < -0.39 is 0 Å². The zero-order valence-electron chi connectivity index (χ0n) is 11.9. The highest BCUT2D eigenvalue weighted by molar-refractivity contribution is 6.04. The molecule has 0 aromatic carbocycles. The van der Waals surface area contributed by atoms with Crippen LogP contribution in [0.1, 0.15) is 65.7 Å². The number of rotatable bonds is 8. The fourth-order valence-electron chi connectivity index (χ4n) is 2.41. The van der Waals surface area contributed by atoms with Gasteiger partial charge >= 0.3 is 6.03 Å². The highest BCUT2D eigenvalue weighted by Crippen LogP contribution is 2.17. The first-order valence-corrected chi connectivity index (χ1v) is 7.25. The van der Waals surface area contributed by atoms with Gasteiger partial charge in [0.1, 0.15) is 6.04 Å². The number of urea groups is 1. The van der Waals surface area contributed by atoms with E-state index in [1.54, 1.807) is 0 Å². The molecule has 18 heavy (non-hydrogen) atoms. The number of hydrogen-bond acceptors (Lipinski definition) is 2. The summed E-state index contributed by atoms with van der Waals surface area (Å²) < 4.78 is 0. The van der Waals surface area contributed by atoms with Gasteiger partial charge in [-0.15, -0.1) is 0 Å². The van der Waals surface area contributed by atoms with Gasteiger partial charge in [0, 0.05) is 6.04 Å². The van der Waals surface area contributed by atoms with Gasteiger partial charge in [-0.25, -0.2) is 4.79 Å². The molecule has 1 unspecified atom stereocenters. The van der Waals surface area contributed by atoms with Crippen molar-refractivity contribution in [2.75, 3.05) is 0 Å². The molecule has 1 aliphatic heterocycles. The third-order valence-corrected chi connectivity index (χ3v) is 3.63. The maximum absolute atomic E-state index is 12.0. The van der Waals surface area contributed by atoms with Crippen LogP contribution in [0.2, 0.25) is 0 Å². The quantitative estimate of drug-likeness (QED) is 0.534. The van der Waals surface area contributed by atoms with Crippen LogP contribution in [0.4, 0.5) is 4.79 Å². The molecule has 0 saturated carbocycles. The van der Waals surface area contributed by atoms with Crippen LogP contribution < -0.4 is 5.32 Å². The van der Waals surface area contributed by atoms with Crippen LogP contribution in [0.3, 0.4) is 0 Å². The molecular formula is C14H26N2O2. The van der Waals surface area contributed by atoms with E-state index in [1.807, 2.05) is 13.8 Å². The summed E-state index contributed by atoms with van der Waals surface area (Å²) in [5, 5.41) is 2.73. The van der Waals surface area contributed by atoms with E-state index in [0.717, 1.165) is 12.8 Å². The molecule has 1 N–H and O–H groups in total. The lowest BCUT2D eigenvalue weighted by Crippen LogP contribution is -2.39. The lowest BCUT2D eigenvalue weighted by Gasteiger charge is -2.21. The SMILES string of the molecule is CCCCCCCC(C)N1C(=O)N[C@H](CC)C1=O. The van der Waals surface area contributed by atoms with Crippen LogP contribution in [-0.4, -0.2) is 28.9 Å². The van der Waals surface area contributed by atoms with Gasteiger partial charge in [0.25, 0.3) is 5.91 Å². The van der Waals surface area contributed by atoms with E-state index in [1.165, 1.54) is 30.6 Å². The topological polar surface area (TPSA) is 49.4 Å². The van der Waals surface area contributed by atoms with E-state index in [0.29, 0.717) is 6.42 Å². The fraction of sp³-hybridized carbons (Fsp3) is 0.857. The Balaban J connectivity index is 2.35. The van der Waals surface area contributed by atoms with Crippen LogP contribution >= 0.6 is 0 Å². The lowest BCUT2D eigenvalue weighted by molar-refractivity contribution is -0.128. The Morgan fingerprint density at radius 3 is 2.39 bits per heavy atom. The summed E-state index contributed by atoms with van der Waals surface area (Å²) in [6, 6.07) is -0.497. The summed E-state index contributed by atoms with van der Waals surface area (Å²) >= 11 is 0. The van der Waals surface area contributed by atoms with Crippen molar-refractivity contribution in [1.29, 1.82) is 0 Å². The Bertz CT molecular complexity index is 292. The monoisotopic (exact) mass is 254 g/mol. The summed E-state index contributed by atoms with van der Waals surface area (Å²) in [7, 11) is 0. The minimum Gasteiger partial charge on any atom is -0.326 e. The van der Waals surface area contributed by atoms with Gasteiger partial charge in [-0.1, -0.05) is 46.0 Å². The molecule has 1 fully saturated rings. The molecule has 1 saturated heterocycles.